The van der Waals surface area contributed by atoms with Crippen molar-refractivity contribution in [1.29, 1.82) is 0 Å². The van der Waals surface area contributed by atoms with Gasteiger partial charge in [-0.1, -0.05) is 15.9 Å². The number of carboxylic acids is 1. The molecule has 7 heteroatoms. The van der Waals surface area contributed by atoms with Crippen LogP contribution in [0.3, 0.4) is 0 Å². The summed E-state index contributed by atoms with van der Waals surface area (Å²) in [5.74, 6) is -2.73. The van der Waals surface area contributed by atoms with Crippen LogP contribution in [0.5, 0.6) is 0 Å². The molecule has 0 aliphatic rings. The van der Waals surface area contributed by atoms with Crippen molar-refractivity contribution < 1.29 is 18.7 Å². The summed E-state index contributed by atoms with van der Waals surface area (Å²) >= 11 is 2.98. The summed E-state index contributed by atoms with van der Waals surface area (Å²) in [4.78, 5) is 10.8. The van der Waals surface area contributed by atoms with E-state index in [1.165, 1.54) is 18.2 Å². The normalized spacial score (nSPS) is 10.3. The minimum atomic E-state index is -1.17. The third kappa shape index (κ3) is 2.88. The Balaban J connectivity index is 2.36. The number of nitrogen functional groups attached to an aromatic ring is 1. The van der Waals surface area contributed by atoms with Crippen LogP contribution < -0.4 is 11.1 Å². The number of rotatable bonds is 3. The van der Waals surface area contributed by atoms with Gasteiger partial charge in [-0.15, -0.1) is 0 Å². The van der Waals surface area contributed by atoms with E-state index in [-0.39, 0.29) is 27.1 Å². The molecule has 20 heavy (non-hydrogen) atoms. The maximum atomic E-state index is 13.6. The highest BCUT2D eigenvalue weighted by Crippen LogP contribution is 2.28. The molecule has 104 valence electrons. The van der Waals surface area contributed by atoms with Gasteiger partial charge >= 0.3 is 5.97 Å². The van der Waals surface area contributed by atoms with E-state index in [1.807, 2.05) is 0 Å². The average Bonchev–Trinajstić information content (AvgIpc) is 2.33. The average molecular weight is 343 g/mol. The minimum absolute atomic E-state index is 0.000396. The van der Waals surface area contributed by atoms with Gasteiger partial charge in [0, 0.05) is 15.8 Å². The second-order valence-corrected chi connectivity index (χ2v) is 4.89. The van der Waals surface area contributed by atoms with Crippen molar-refractivity contribution >= 4 is 39.0 Å². The number of nitrogens with two attached hydrogens (primary N) is 1. The van der Waals surface area contributed by atoms with E-state index in [0.29, 0.717) is 0 Å². The first-order valence-corrected chi connectivity index (χ1v) is 6.22. The van der Waals surface area contributed by atoms with E-state index in [0.717, 1.165) is 12.1 Å². The number of nitrogens with one attached hydrogen (secondary N) is 1. The number of halogens is 3. The van der Waals surface area contributed by atoms with E-state index in [4.69, 9.17) is 10.8 Å². The summed E-state index contributed by atoms with van der Waals surface area (Å²) in [6, 6.07) is 6.15. The van der Waals surface area contributed by atoms with Crippen LogP contribution in [0.15, 0.2) is 34.8 Å². The van der Waals surface area contributed by atoms with Crippen LogP contribution in [0, 0.1) is 11.6 Å². The van der Waals surface area contributed by atoms with Crippen LogP contribution >= 0.6 is 15.9 Å². The molecule has 0 aliphatic carbocycles. The molecule has 0 spiro atoms. The molecule has 2 aromatic carbocycles. The van der Waals surface area contributed by atoms with Crippen LogP contribution in [0.1, 0.15) is 10.4 Å². The van der Waals surface area contributed by atoms with Crippen molar-refractivity contribution in [3.63, 3.8) is 0 Å². The highest BCUT2D eigenvalue weighted by Gasteiger charge is 2.12. The highest BCUT2D eigenvalue weighted by molar-refractivity contribution is 9.10. The van der Waals surface area contributed by atoms with Crippen LogP contribution in [0.2, 0.25) is 0 Å². The molecule has 0 atom stereocenters. The molecule has 0 unspecified atom stereocenters. The van der Waals surface area contributed by atoms with E-state index >= 15 is 0 Å². The summed E-state index contributed by atoms with van der Waals surface area (Å²) in [5.41, 5.74) is 5.43. The number of hydrogen-bond acceptors (Lipinski definition) is 3. The molecule has 0 aliphatic heterocycles. The number of carboxylic acid groups (broad SMARTS) is 1. The predicted octanol–water partition coefficient (Wildman–Crippen LogP) is 3.75. The van der Waals surface area contributed by atoms with Crippen molar-refractivity contribution in [2.24, 2.45) is 0 Å². The van der Waals surface area contributed by atoms with Crippen LogP contribution in [-0.2, 0) is 0 Å². The minimum Gasteiger partial charge on any atom is -0.478 e. The molecule has 0 fully saturated rings. The fourth-order valence-corrected chi connectivity index (χ4v) is 2.04. The van der Waals surface area contributed by atoms with Crippen molar-refractivity contribution in [2.45, 2.75) is 0 Å². The van der Waals surface area contributed by atoms with Crippen molar-refractivity contribution in [1.82, 2.24) is 0 Å². The Hall–Kier alpha value is -2.15. The van der Waals surface area contributed by atoms with Gasteiger partial charge in [0.2, 0.25) is 0 Å². The second kappa shape index (κ2) is 5.46. The Kier molecular flexibility index (Phi) is 3.89. The molecule has 0 radical (unpaired) electrons. The van der Waals surface area contributed by atoms with Crippen molar-refractivity contribution in [2.75, 3.05) is 11.1 Å². The van der Waals surface area contributed by atoms with Gasteiger partial charge in [0.05, 0.1) is 5.56 Å². The summed E-state index contributed by atoms with van der Waals surface area (Å²) in [6.45, 7) is 0. The lowest BCUT2D eigenvalue weighted by atomic mass is 10.1. The lowest BCUT2D eigenvalue weighted by Crippen LogP contribution is -2.04. The summed E-state index contributed by atoms with van der Waals surface area (Å²) in [7, 11) is 0. The molecule has 4 N–H and O–H groups in total. The fraction of sp³-hybridized carbons (Fsp3) is 0. The maximum absolute atomic E-state index is 13.6. The molecule has 0 bridgehead atoms. The summed E-state index contributed by atoms with van der Waals surface area (Å²) in [5, 5.41) is 11.4. The molecular formula is C13H9BrF2N2O2. The van der Waals surface area contributed by atoms with E-state index < -0.39 is 17.6 Å². The maximum Gasteiger partial charge on any atom is 0.337 e. The zero-order valence-corrected chi connectivity index (χ0v) is 11.5. The predicted molar refractivity (Wildman–Crippen MR) is 75.2 cm³/mol. The number of benzene rings is 2. The van der Waals surface area contributed by atoms with Gasteiger partial charge in [-0.05, 0) is 30.3 Å². The van der Waals surface area contributed by atoms with Crippen molar-refractivity contribution in [3.8, 4) is 0 Å². The highest BCUT2D eigenvalue weighted by atomic mass is 79.9. The van der Waals surface area contributed by atoms with Gasteiger partial charge in [-0.25, -0.2) is 13.6 Å². The Labute approximate surface area is 121 Å². The van der Waals surface area contributed by atoms with E-state index in [1.54, 1.807) is 0 Å². The Morgan fingerprint density at radius 3 is 2.30 bits per heavy atom. The number of anilines is 3. The molecular weight excluding hydrogens is 334 g/mol. The Morgan fingerprint density at radius 1 is 1.20 bits per heavy atom. The van der Waals surface area contributed by atoms with Crippen molar-refractivity contribution in [3.05, 3.63) is 52.0 Å². The van der Waals surface area contributed by atoms with Crippen LogP contribution in [-0.4, -0.2) is 11.1 Å². The number of hydrogen-bond donors (Lipinski definition) is 3. The monoisotopic (exact) mass is 342 g/mol. The quantitative estimate of drug-likeness (QED) is 0.742. The summed E-state index contributed by atoms with van der Waals surface area (Å²) < 4.78 is 27.6. The lowest BCUT2D eigenvalue weighted by molar-refractivity contribution is 0.0698. The lowest BCUT2D eigenvalue weighted by Gasteiger charge is -2.11. The van der Waals surface area contributed by atoms with Gasteiger partial charge in [0.15, 0.2) is 11.6 Å². The Morgan fingerprint density at radius 2 is 1.80 bits per heavy atom. The number of aromatic carboxylic acids is 1. The van der Waals surface area contributed by atoms with E-state index in [9.17, 15) is 13.6 Å². The summed E-state index contributed by atoms with van der Waals surface area (Å²) in [6.07, 6.45) is 0. The molecule has 0 aromatic heterocycles. The third-order valence-corrected chi connectivity index (χ3v) is 3.02. The smallest absolute Gasteiger partial charge is 0.337 e. The molecule has 2 aromatic rings. The van der Waals surface area contributed by atoms with Gasteiger partial charge < -0.3 is 16.2 Å². The largest absolute Gasteiger partial charge is 0.478 e. The van der Waals surface area contributed by atoms with Gasteiger partial charge in [-0.3, -0.25) is 0 Å². The first-order chi connectivity index (χ1) is 9.38. The van der Waals surface area contributed by atoms with Gasteiger partial charge in [-0.2, -0.15) is 0 Å². The first kappa shape index (κ1) is 14.3. The van der Waals surface area contributed by atoms with Crippen LogP contribution in [0.4, 0.5) is 25.8 Å². The standard InChI is InChI=1S/C13H9BrF2N2O2/c14-6-3-9(15)12(10(16)4-6)18-7-1-2-8(13(19)20)11(17)5-7/h1-5,18H,17H2,(H,19,20). The molecule has 0 heterocycles. The molecule has 0 saturated heterocycles. The zero-order valence-electron chi connectivity index (χ0n) is 9.95. The van der Waals surface area contributed by atoms with Crippen LogP contribution in [0.25, 0.3) is 0 Å². The SMILES string of the molecule is Nc1cc(Nc2c(F)cc(Br)cc2F)ccc1C(=O)O. The molecule has 0 saturated carbocycles. The zero-order chi connectivity index (χ0) is 14.9. The topological polar surface area (TPSA) is 75.3 Å². The first-order valence-electron chi connectivity index (χ1n) is 5.43. The van der Waals surface area contributed by atoms with Gasteiger partial charge in [0.25, 0.3) is 0 Å². The van der Waals surface area contributed by atoms with Gasteiger partial charge in [0.1, 0.15) is 5.69 Å². The molecule has 2 rings (SSSR count). The number of carbonyl (C=O) groups is 1. The Bertz CT molecular complexity index is 669. The fourth-order valence-electron chi connectivity index (χ4n) is 1.64. The molecule has 4 nitrogen and oxygen atoms in total. The van der Waals surface area contributed by atoms with E-state index in [2.05, 4.69) is 21.2 Å². The third-order valence-electron chi connectivity index (χ3n) is 2.56. The second-order valence-electron chi connectivity index (χ2n) is 3.98. The molecule has 0 amide bonds.